The quantitative estimate of drug-likeness (QED) is 0.732. The van der Waals surface area contributed by atoms with Crippen LogP contribution in [0.2, 0.25) is 0 Å². The summed E-state index contributed by atoms with van der Waals surface area (Å²) in [5.41, 5.74) is 0.882. The van der Waals surface area contributed by atoms with E-state index in [2.05, 4.69) is 0 Å². The van der Waals surface area contributed by atoms with Crippen molar-refractivity contribution in [2.45, 2.75) is 12.8 Å². The van der Waals surface area contributed by atoms with E-state index in [1.54, 1.807) is 0 Å². The van der Waals surface area contributed by atoms with Crippen molar-refractivity contribution in [2.24, 2.45) is 0 Å². The zero-order chi connectivity index (χ0) is 8.97. The van der Waals surface area contributed by atoms with E-state index in [4.69, 9.17) is 5.11 Å². The van der Waals surface area contributed by atoms with Gasteiger partial charge in [0.15, 0.2) is 0 Å². The number of Topliss-reactive ketones (excluding diaryl/α,β-unsaturated/α-hetero) is 1. The van der Waals surface area contributed by atoms with Gasteiger partial charge in [-0.1, -0.05) is 30.3 Å². The SMILES string of the molecule is CC(=O)[C@H](CO)c1ccccc1. The fraction of sp³-hybridized carbons (Fsp3) is 0.300. The number of aliphatic hydroxyl groups is 1. The van der Waals surface area contributed by atoms with Crippen LogP contribution in [0.25, 0.3) is 0 Å². The molecule has 0 aromatic heterocycles. The van der Waals surface area contributed by atoms with Crippen molar-refractivity contribution in [2.75, 3.05) is 6.61 Å². The van der Waals surface area contributed by atoms with E-state index in [0.717, 1.165) is 5.56 Å². The maximum atomic E-state index is 11.0. The fourth-order valence-corrected chi connectivity index (χ4v) is 1.15. The van der Waals surface area contributed by atoms with Crippen LogP contribution in [0.3, 0.4) is 0 Å². The Morgan fingerprint density at radius 2 is 2.00 bits per heavy atom. The second kappa shape index (κ2) is 4.02. The van der Waals surface area contributed by atoms with Gasteiger partial charge < -0.3 is 5.11 Å². The largest absolute Gasteiger partial charge is 0.395 e. The van der Waals surface area contributed by atoms with Crippen molar-refractivity contribution in [1.82, 2.24) is 0 Å². The topological polar surface area (TPSA) is 37.3 Å². The summed E-state index contributed by atoms with van der Waals surface area (Å²) < 4.78 is 0. The first-order valence-corrected chi connectivity index (χ1v) is 3.92. The van der Waals surface area contributed by atoms with Crippen LogP contribution in [0.1, 0.15) is 18.4 Å². The van der Waals surface area contributed by atoms with Gasteiger partial charge in [-0.25, -0.2) is 0 Å². The molecule has 0 aliphatic heterocycles. The van der Waals surface area contributed by atoms with Gasteiger partial charge in [0.05, 0.1) is 12.5 Å². The maximum Gasteiger partial charge on any atom is 0.139 e. The molecule has 0 amide bonds. The summed E-state index contributed by atoms with van der Waals surface area (Å²) in [7, 11) is 0. The molecular weight excluding hydrogens is 152 g/mol. The van der Waals surface area contributed by atoms with Crippen LogP contribution in [0.4, 0.5) is 0 Å². The van der Waals surface area contributed by atoms with E-state index in [9.17, 15) is 4.79 Å². The predicted molar refractivity (Wildman–Crippen MR) is 46.9 cm³/mol. The van der Waals surface area contributed by atoms with Crippen molar-refractivity contribution in [3.05, 3.63) is 35.9 Å². The second-order valence-electron chi connectivity index (χ2n) is 2.76. The first-order chi connectivity index (χ1) is 5.75. The number of ketones is 1. The highest BCUT2D eigenvalue weighted by molar-refractivity contribution is 5.83. The molecule has 0 spiro atoms. The Morgan fingerprint density at radius 3 is 2.42 bits per heavy atom. The summed E-state index contributed by atoms with van der Waals surface area (Å²) in [5, 5.41) is 8.93. The van der Waals surface area contributed by atoms with E-state index < -0.39 is 0 Å². The second-order valence-corrected chi connectivity index (χ2v) is 2.76. The predicted octanol–water partition coefficient (Wildman–Crippen LogP) is 1.35. The highest BCUT2D eigenvalue weighted by Gasteiger charge is 2.14. The molecular formula is C10H12O2. The normalized spacial score (nSPS) is 12.5. The highest BCUT2D eigenvalue weighted by atomic mass is 16.3. The molecule has 0 unspecified atom stereocenters. The lowest BCUT2D eigenvalue weighted by Crippen LogP contribution is -2.12. The van der Waals surface area contributed by atoms with Crippen molar-refractivity contribution in [3.63, 3.8) is 0 Å². The first-order valence-electron chi connectivity index (χ1n) is 3.92. The van der Waals surface area contributed by atoms with Gasteiger partial charge in [0, 0.05) is 0 Å². The van der Waals surface area contributed by atoms with Gasteiger partial charge in [-0.2, -0.15) is 0 Å². The maximum absolute atomic E-state index is 11.0. The third-order valence-electron chi connectivity index (χ3n) is 1.88. The molecule has 0 aliphatic carbocycles. The summed E-state index contributed by atoms with van der Waals surface area (Å²) >= 11 is 0. The molecule has 0 radical (unpaired) electrons. The number of hydrogen-bond donors (Lipinski definition) is 1. The van der Waals surface area contributed by atoms with Crippen LogP contribution < -0.4 is 0 Å². The van der Waals surface area contributed by atoms with Gasteiger partial charge >= 0.3 is 0 Å². The van der Waals surface area contributed by atoms with E-state index in [1.807, 2.05) is 30.3 Å². The van der Waals surface area contributed by atoms with Crippen LogP contribution in [-0.2, 0) is 4.79 Å². The minimum atomic E-state index is -0.355. The summed E-state index contributed by atoms with van der Waals surface area (Å²) in [4.78, 5) is 11.0. The van der Waals surface area contributed by atoms with Crippen LogP contribution in [0.5, 0.6) is 0 Å². The molecule has 64 valence electrons. The molecule has 12 heavy (non-hydrogen) atoms. The van der Waals surface area contributed by atoms with Gasteiger partial charge in [0.2, 0.25) is 0 Å². The fourth-order valence-electron chi connectivity index (χ4n) is 1.15. The number of rotatable bonds is 3. The average molecular weight is 164 g/mol. The van der Waals surface area contributed by atoms with E-state index in [0.29, 0.717) is 0 Å². The molecule has 1 aromatic rings. The van der Waals surface area contributed by atoms with E-state index >= 15 is 0 Å². The number of aliphatic hydroxyl groups excluding tert-OH is 1. The molecule has 2 nitrogen and oxygen atoms in total. The molecule has 0 aliphatic rings. The van der Waals surface area contributed by atoms with Crippen LogP contribution in [0, 0.1) is 0 Å². The summed E-state index contributed by atoms with van der Waals surface area (Å²) in [5.74, 6) is -0.352. The number of hydrogen-bond acceptors (Lipinski definition) is 2. The molecule has 0 saturated carbocycles. The Hall–Kier alpha value is -1.15. The lowest BCUT2D eigenvalue weighted by Gasteiger charge is -2.09. The number of carbonyl (C=O) groups excluding carboxylic acids is 1. The minimum Gasteiger partial charge on any atom is -0.395 e. The summed E-state index contributed by atoms with van der Waals surface area (Å²) in [6.45, 7) is 1.38. The lowest BCUT2D eigenvalue weighted by atomic mass is 9.97. The van der Waals surface area contributed by atoms with Crippen LogP contribution >= 0.6 is 0 Å². The molecule has 1 atom stereocenters. The highest BCUT2D eigenvalue weighted by Crippen LogP contribution is 2.14. The molecule has 1 rings (SSSR count). The van der Waals surface area contributed by atoms with E-state index in [-0.39, 0.29) is 18.3 Å². The van der Waals surface area contributed by atoms with Gasteiger partial charge in [0.25, 0.3) is 0 Å². The molecule has 0 saturated heterocycles. The Labute approximate surface area is 71.8 Å². The smallest absolute Gasteiger partial charge is 0.139 e. The molecule has 0 heterocycles. The third kappa shape index (κ3) is 1.92. The minimum absolute atomic E-state index is 0.00343. The van der Waals surface area contributed by atoms with Crippen molar-refractivity contribution >= 4 is 5.78 Å². The lowest BCUT2D eigenvalue weighted by molar-refractivity contribution is -0.119. The zero-order valence-electron chi connectivity index (χ0n) is 7.03. The average Bonchev–Trinajstić information content (AvgIpc) is 2.07. The van der Waals surface area contributed by atoms with Crippen molar-refractivity contribution < 1.29 is 9.90 Å². The summed E-state index contributed by atoms with van der Waals surface area (Å²) in [6.07, 6.45) is 0. The standard InChI is InChI=1S/C10H12O2/c1-8(12)10(7-11)9-5-3-2-4-6-9/h2-6,10-11H,7H2,1H3/t10-/m0/s1. The number of benzene rings is 1. The monoisotopic (exact) mass is 164 g/mol. The van der Waals surface area contributed by atoms with Gasteiger partial charge in [-0.15, -0.1) is 0 Å². The molecule has 0 bridgehead atoms. The van der Waals surface area contributed by atoms with Crippen LogP contribution in [0.15, 0.2) is 30.3 Å². The molecule has 0 fully saturated rings. The first kappa shape index (κ1) is 8.94. The Balaban J connectivity index is 2.88. The van der Waals surface area contributed by atoms with Gasteiger partial charge in [0.1, 0.15) is 5.78 Å². The molecule has 2 heteroatoms. The Kier molecular flexibility index (Phi) is 3.00. The Bertz CT molecular complexity index is 254. The third-order valence-corrected chi connectivity index (χ3v) is 1.88. The molecule has 1 aromatic carbocycles. The van der Waals surface area contributed by atoms with E-state index in [1.165, 1.54) is 6.92 Å². The van der Waals surface area contributed by atoms with Crippen molar-refractivity contribution in [1.29, 1.82) is 0 Å². The Morgan fingerprint density at radius 1 is 1.42 bits per heavy atom. The van der Waals surface area contributed by atoms with Gasteiger partial charge in [-0.05, 0) is 12.5 Å². The van der Waals surface area contributed by atoms with Gasteiger partial charge in [-0.3, -0.25) is 4.79 Å². The molecule has 1 N–H and O–H groups in total. The number of carbonyl (C=O) groups is 1. The van der Waals surface area contributed by atoms with Crippen LogP contribution in [-0.4, -0.2) is 17.5 Å². The summed E-state index contributed by atoms with van der Waals surface area (Å²) in [6, 6.07) is 9.31. The van der Waals surface area contributed by atoms with Crippen molar-refractivity contribution in [3.8, 4) is 0 Å². The zero-order valence-corrected chi connectivity index (χ0v) is 7.03.